The zero-order valence-corrected chi connectivity index (χ0v) is 21.6. The van der Waals surface area contributed by atoms with Crippen molar-refractivity contribution in [1.82, 2.24) is 19.6 Å². The van der Waals surface area contributed by atoms with Gasteiger partial charge in [-0.1, -0.05) is 60.7 Å². The molecule has 4 aliphatic rings. The monoisotopic (exact) mass is 460 g/mol. The van der Waals surface area contributed by atoms with Gasteiger partial charge in [0.15, 0.2) is 0 Å². The SMILES string of the molecule is CN1CCN(CCCN2CC3C(c4ccccc4)CC(N(C)C)(CC3c3ccccc3)C2)CC1. The summed E-state index contributed by atoms with van der Waals surface area (Å²) >= 11 is 0. The van der Waals surface area contributed by atoms with Gasteiger partial charge < -0.3 is 19.6 Å². The smallest absolute Gasteiger partial charge is 0.0342 e. The Bertz CT molecular complexity index is 841. The Morgan fingerprint density at radius 3 is 1.82 bits per heavy atom. The lowest BCUT2D eigenvalue weighted by atomic mass is 9.61. The lowest BCUT2D eigenvalue weighted by Crippen LogP contribution is -2.54. The molecule has 3 heterocycles. The second-order valence-corrected chi connectivity index (χ2v) is 11.5. The lowest BCUT2D eigenvalue weighted by molar-refractivity contribution is 0.0638. The van der Waals surface area contributed by atoms with Gasteiger partial charge in [-0.25, -0.2) is 0 Å². The lowest BCUT2D eigenvalue weighted by Gasteiger charge is -2.49. The first kappa shape index (κ1) is 24.0. The molecule has 4 nitrogen and oxygen atoms in total. The van der Waals surface area contributed by atoms with Crippen molar-refractivity contribution in [3.05, 3.63) is 71.8 Å². The highest BCUT2D eigenvalue weighted by molar-refractivity contribution is 5.30. The molecule has 4 fully saturated rings. The molecule has 1 saturated carbocycles. The van der Waals surface area contributed by atoms with Gasteiger partial charge in [-0.05, 0) is 82.4 Å². The maximum Gasteiger partial charge on any atom is 0.0342 e. The van der Waals surface area contributed by atoms with E-state index in [0.717, 1.165) is 0 Å². The highest BCUT2D eigenvalue weighted by Crippen LogP contribution is 2.54. The van der Waals surface area contributed by atoms with Crippen LogP contribution in [0.5, 0.6) is 0 Å². The standard InChI is InChI=1S/C30H44N4/c1-31(2)30-21-27(25-11-6-4-7-12-25)29(28(22-30)26-13-8-5-9-14-26)23-34(24-30)16-10-15-33-19-17-32(3)18-20-33/h4-9,11-14,27-29H,10,15-24H2,1-3H3. The molecule has 0 amide bonds. The summed E-state index contributed by atoms with van der Waals surface area (Å²) in [4.78, 5) is 10.5. The number of hydrogen-bond acceptors (Lipinski definition) is 4. The van der Waals surface area contributed by atoms with E-state index in [9.17, 15) is 0 Å². The first-order chi connectivity index (χ1) is 16.5. The molecule has 34 heavy (non-hydrogen) atoms. The summed E-state index contributed by atoms with van der Waals surface area (Å²) in [6.07, 6.45) is 3.83. The zero-order valence-electron chi connectivity index (χ0n) is 21.6. The molecule has 3 saturated heterocycles. The van der Waals surface area contributed by atoms with Gasteiger partial charge in [0.1, 0.15) is 0 Å². The fourth-order valence-corrected chi connectivity index (χ4v) is 7.04. The van der Waals surface area contributed by atoms with Crippen LogP contribution in [0.2, 0.25) is 0 Å². The van der Waals surface area contributed by atoms with E-state index in [0.29, 0.717) is 17.8 Å². The molecule has 0 spiro atoms. The maximum atomic E-state index is 2.84. The number of piperazine rings is 1. The highest BCUT2D eigenvalue weighted by atomic mass is 15.3. The van der Waals surface area contributed by atoms with E-state index >= 15 is 0 Å². The molecule has 2 unspecified atom stereocenters. The molecule has 2 bridgehead atoms. The molecule has 184 valence electrons. The van der Waals surface area contributed by atoms with Gasteiger partial charge in [0.25, 0.3) is 0 Å². The van der Waals surface area contributed by atoms with Gasteiger partial charge in [0.2, 0.25) is 0 Å². The molecule has 2 atom stereocenters. The second kappa shape index (κ2) is 10.5. The van der Waals surface area contributed by atoms with E-state index in [1.165, 1.54) is 71.6 Å². The van der Waals surface area contributed by atoms with Crippen molar-refractivity contribution >= 4 is 0 Å². The van der Waals surface area contributed by atoms with Crippen LogP contribution in [-0.4, -0.2) is 98.6 Å². The third-order valence-electron chi connectivity index (χ3n) is 9.17. The molecular formula is C30H44N4. The summed E-state index contributed by atoms with van der Waals surface area (Å²) in [7, 11) is 6.91. The number of nitrogens with zero attached hydrogens (tertiary/aromatic N) is 4. The van der Waals surface area contributed by atoms with Crippen molar-refractivity contribution in [3.8, 4) is 0 Å². The Morgan fingerprint density at radius 1 is 0.765 bits per heavy atom. The fraction of sp³-hybridized carbons (Fsp3) is 0.600. The molecule has 1 aliphatic carbocycles. The zero-order chi connectivity index (χ0) is 23.5. The molecule has 0 N–H and O–H groups in total. The van der Waals surface area contributed by atoms with E-state index < -0.39 is 0 Å². The summed E-state index contributed by atoms with van der Waals surface area (Å²) in [5, 5.41) is 0. The van der Waals surface area contributed by atoms with E-state index in [1.54, 1.807) is 11.1 Å². The summed E-state index contributed by atoms with van der Waals surface area (Å²) in [6.45, 7) is 9.78. The molecule has 3 aliphatic heterocycles. The number of benzene rings is 2. The van der Waals surface area contributed by atoms with E-state index in [1.807, 2.05) is 0 Å². The first-order valence-corrected chi connectivity index (χ1v) is 13.4. The van der Waals surface area contributed by atoms with Crippen LogP contribution in [0.15, 0.2) is 60.7 Å². The minimum absolute atomic E-state index is 0.224. The van der Waals surface area contributed by atoms with Crippen molar-refractivity contribution in [2.24, 2.45) is 5.92 Å². The van der Waals surface area contributed by atoms with E-state index in [4.69, 9.17) is 0 Å². The molecule has 2 aromatic rings. The Labute approximate surface area is 207 Å². The van der Waals surface area contributed by atoms with Crippen LogP contribution in [0, 0.1) is 5.92 Å². The van der Waals surface area contributed by atoms with Crippen LogP contribution < -0.4 is 0 Å². The quantitative estimate of drug-likeness (QED) is 0.613. The van der Waals surface area contributed by atoms with Crippen molar-refractivity contribution in [1.29, 1.82) is 0 Å². The van der Waals surface area contributed by atoms with Gasteiger partial charge >= 0.3 is 0 Å². The molecule has 2 aromatic carbocycles. The van der Waals surface area contributed by atoms with Gasteiger partial charge in [0.05, 0.1) is 0 Å². The molecular weight excluding hydrogens is 416 g/mol. The van der Waals surface area contributed by atoms with Gasteiger partial charge in [-0.3, -0.25) is 0 Å². The summed E-state index contributed by atoms with van der Waals surface area (Å²) in [5.74, 6) is 1.90. The highest BCUT2D eigenvalue weighted by Gasteiger charge is 2.51. The third kappa shape index (κ3) is 5.11. The largest absolute Gasteiger partial charge is 0.304 e. The van der Waals surface area contributed by atoms with Gasteiger partial charge in [-0.15, -0.1) is 0 Å². The summed E-state index contributed by atoms with van der Waals surface area (Å²) in [6, 6.07) is 22.8. The first-order valence-electron chi connectivity index (χ1n) is 13.4. The molecule has 4 heteroatoms. The van der Waals surface area contributed by atoms with Crippen molar-refractivity contribution < 1.29 is 0 Å². The topological polar surface area (TPSA) is 13.0 Å². The molecule has 6 rings (SSSR count). The Morgan fingerprint density at radius 2 is 1.29 bits per heavy atom. The van der Waals surface area contributed by atoms with E-state index in [2.05, 4.69) is 101 Å². The number of hydrogen-bond donors (Lipinski definition) is 0. The van der Waals surface area contributed by atoms with Gasteiger partial charge in [-0.2, -0.15) is 0 Å². The number of likely N-dealkylation sites (N-methyl/N-ethyl adjacent to an activating group) is 2. The second-order valence-electron chi connectivity index (χ2n) is 11.5. The minimum Gasteiger partial charge on any atom is -0.304 e. The third-order valence-corrected chi connectivity index (χ3v) is 9.17. The van der Waals surface area contributed by atoms with Crippen molar-refractivity contribution in [3.63, 3.8) is 0 Å². The van der Waals surface area contributed by atoms with Gasteiger partial charge in [0, 0.05) is 44.8 Å². The minimum atomic E-state index is 0.224. The predicted octanol–water partition coefficient (Wildman–Crippen LogP) is 4.22. The Balaban J connectivity index is 1.38. The fourth-order valence-electron chi connectivity index (χ4n) is 7.04. The van der Waals surface area contributed by atoms with E-state index in [-0.39, 0.29) is 5.54 Å². The average Bonchev–Trinajstić information content (AvgIpc) is 3.14. The number of rotatable bonds is 7. The van der Waals surface area contributed by atoms with Crippen LogP contribution in [-0.2, 0) is 0 Å². The van der Waals surface area contributed by atoms with Crippen LogP contribution in [0.1, 0.15) is 42.2 Å². The normalized spacial score (nSPS) is 31.1. The van der Waals surface area contributed by atoms with Crippen LogP contribution >= 0.6 is 0 Å². The molecule has 0 aromatic heterocycles. The van der Waals surface area contributed by atoms with Crippen LogP contribution in [0.25, 0.3) is 0 Å². The van der Waals surface area contributed by atoms with Crippen LogP contribution in [0.4, 0.5) is 0 Å². The predicted molar refractivity (Wildman–Crippen MR) is 143 cm³/mol. The van der Waals surface area contributed by atoms with Crippen LogP contribution in [0.3, 0.4) is 0 Å². The Hall–Kier alpha value is -1.72. The Kier molecular flexibility index (Phi) is 7.41. The molecule has 0 radical (unpaired) electrons. The maximum absolute atomic E-state index is 2.84. The summed E-state index contributed by atoms with van der Waals surface area (Å²) < 4.78 is 0. The summed E-state index contributed by atoms with van der Waals surface area (Å²) in [5.41, 5.74) is 3.30. The van der Waals surface area contributed by atoms with Crippen molar-refractivity contribution in [2.75, 3.05) is 73.5 Å². The van der Waals surface area contributed by atoms with Crippen molar-refractivity contribution in [2.45, 2.75) is 36.6 Å². The average molecular weight is 461 g/mol. The number of fused-ring (bicyclic) bond motifs is 4.